The van der Waals surface area contributed by atoms with Gasteiger partial charge in [-0.25, -0.2) is 9.97 Å². The minimum atomic E-state index is 0.886. The minimum Gasteiger partial charge on any atom is -0.241 e. The molecule has 2 heteroatoms. The van der Waals surface area contributed by atoms with Crippen LogP contribution in [0.3, 0.4) is 0 Å². The van der Waals surface area contributed by atoms with Crippen LogP contribution in [0.2, 0.25) is 0 Å². The Labute approximate surface area is 153 Å². The van der Waals surface area contributed by atoms with Crippen molar-refractivity contribution in [1.82, 2.24) is 9.97 Å². The van der Waals surface area contributed by atoms with Crippen molar-refractivity contribution >= 4 is 0 Å². The Hall–Kier alpha value is -1.70. The minimum absolute atomic E-state index is 0.886. The van der Waals surface area contributed by atoms with Gasteiger partial charge in [-0.2, -0.15) is 0 Å². The maximum Gasteiger partial charge on any atom is 0.128 e. The summed E-state index contributed by atoms with van der Waals surface area (Å²) in [6.07, 6.45) is 15.6. The summed E-state index contributed by atoms with van der Waals surface area (Å²) in [4.78, 5) is 9.24. The smallest absolute Gasteiger partial charge is 0.128 e. The predicted molar refractivity (Wildman–Crippen MR) is 106 cm³/mol. The molecule has 1 fully saturated rings. The van der Waals surface area contributed by atoms with Gasteiger partial charge in [-0.1, -0.05) is 76.6 Å². The number of benzene rings is 1. The van der Waals surface area contributed by atoms with Crippen LogP contribution in [-0.2, 0) is 12.8 Å². The second-order valence-electron chi connectivity index (χ2n) is 7.67. The van der Waals surface area contributed by atoms with Crippen LogP contribution in [0.25, 0.3) is 11.1 Å². The molecule has 1 aliphatic carbocycles. The molecule has 1 aromatic carbocycles. The van der Waals surface area contributed by atoms with E-state index in [2.05, 4.69) is 48.1 Å². The molecule has 2 nitrogen and oxygen atoms in total. The Bertz CT molecular complexity index is 622. The molecule has 1 heterocycles. The van der Waals surface area contributed by atoms with E-state index in [4.69, 9.17) is 0 Å². The van der Waals surface area contributed by atoms with Crippen molar-refractivity contribution in [3.63, 3.8) is 0 Å². The van der Waals surface area contributed by atoms with Gasteiger partial charge in [-0.15, -0.1) is 0 Å². The highest BCUT2D eigenvalue weighted by Gasteiger charge is 2.19. The van der Waals surface area contributed by atoms with E-state index in [-0.39, 0.29) is 0 Å². The molecule has 3 rings (SSSR count). The molecule has 1 aromatic heterocycles. The van der Waals surface area contributed by atoms with E-state index in [0.717, 1.165) is 36.1 Å². The summed E-state index contributed by atoms with van der Waals surface area (Å²) in [5.74, 6) is 2.87. The molecule has 134 valence electrons. The van der Waals surface area contributed by atoms with Crippen LogP contribution in [0.1, 0.15) is 70.2 Å². The average molecular weight is 337 g/mol. The highest BCUT2D eigenvalue weighted by Crippen LogP contribution is 2.32. The van der Waals surface area contributed by atoms with Crippen LogP contribution in [0.5, 0.6) is 0 Å². The van der Waals surface area contributed by atoms with E-state index < -0.39 is 0 Å². The quantitative estimate of drug-likeness (QED) is 0.597. The van der Waals surface area contributed by atoms with Gasteiger partial charge in [0.25, 0.3) is 0 Å². The zero-order chi connectivity index (χ0) is 17.5. The fourth-order valence-corrected chi connectivity index (χ4v) is 4.05. The average Bonchev–Trinajstić information content (AvgIpc) is 2.68. The van der Waals surface area contributed by atoms with Gasteiger partial charge in [0, 0.05) is 24.4 Å². The van der Waals surface area contributed by atoms with E-state index in [1.165, 1.54) is 56.1 Å². The lowest BCUT2D eigenvalue weighted by molar-refractivity contribution is 0.258. The molecule has 0 saturated heterocycles. The first-order chi connectivity index (χ1) is 12.3. The normalized spacial score (nSPS) is 20.6. The third-order valence-corrected chi connectivity index (χ3v) is 5.85. The van der Waals surface area contributed by atoms with E-state index in [9.17, 15) is 0 Å². The van der Waals surface area contributed by atoms with Crippen molar-refractivity contribution in [3.8, 4) is 11.1 Å². The van der Waals surface area contributed by atoms with E-state index in [1.54, 1.807) is 0 Å². The first-order valence-electron chi connectivity index (χ1n) is 10.2. The number of nitrogens with zero attached hydrogens (tertiary/aromatic N) is 2. The fourth-order valence-electron chi connectivity index (χ4n) is 4.05. The SMILES string of the molecule is CCCc1ccc(-c2cnc(CCC3CCC(CC)CC3)nc2)cc1. The van der Waals surface area contributed by atoms with Gasteiger partial charge in [0.1, 0.15) is 5.82 Å². The summed E-state index contributed by atoms with van der Waals surface area (Å²) in [6, 6.07) is 8.82. The molecular formula is C23H32N2. The van der Waals surface area contributed by atoms with Crippen LogP contribution in [0.15, 0.2) is 36.7 Å². The molecular weight excluding hydrogens is 304 g/mol. The van der Waals surface area contributed by atoms with Crippen molar-refractivity contribution in [2.24, 2.45) is 11.8 Å². The molecule has 0 bridgehead atoms. The van der Waals surface area contributed by atoms with Gasteiger partial charge in [-0.05, 0) is 35.8 Å². The fraction of sp³-hybridized carbons (Fsp3) is 0.565. The van der Waals surface area contributed by atoms with Crippen molar-refractivity contribution in [3.05, 3.63) is 48.0 Å². The van der Waals surface area contributed by atoms with Crippen molar-refractivity contribution in [2.45, 2.75) is 71.6 Å². The topological polar surface area (TPSA) is 25.8 Å². The second kappa shape index (κ2) is 9.12. The number of rotatable bonds is 7. The molecule has 1 aliphatic rings. The standard InChI is InChI=1S/C23H32N2/c1-3-5-19-10-13-21(14-11-19)22-16-24-23(25-17-22)15-12-20-8-6-18(4-2)7-9-20/h10-11,13-14,16-18,20H,3-9,12,15H2,1-2H3. The molecule has 1 saturated carbocycles. The molecule has 0 atom stereocenters. The van der Waals surface area contributed by atoms with Gasteiger partial charge in [0.05, 0.1) is 0 Å². The zero-order valence-corrected chi connectivity index (χ0v) is 15.9. The summed E-state index contributed by atoms with van der Waals surface area (Å²) in [5.41, 5.74) is 3.74. The Morgan fingerprint density at radius 3 is 2.04 bits per heavy atom. The Morgan fingerprint density at radius 2 is 1.44 bits per heavy atom. The van der Waals surface area contributed by atoms with Gasteiger partial charge in [-0.3, -0.25) is 0 Å². The van der Waals surface area contributed by atoms with Crippen molar-refractivity contribution in [2.75, 3.05) is 0 Å². The van der Waals surface area contributed by atoms with Crippen molar-refractivity contribution < 1.29 is 0 Å². The molecule has 0 spiro atoms. The molecule has 0 N–H and O–H groups in total. The summed E-state index contributed by atoms with van der Waals surface area (Å²) in [5, 5.41) is 0. The third-order valence-electron chi connectivity index (χ3n) is 5.85. The summed E-state index contributed by atoms with van der Waals surface area (Å²) in [6.45, 7) is 4.55. The molecule has 2 aromatic rings. The highest BCUT2D eigenvalue weighted by atomic mass is 14.9. The number of aromatic nitrogens is 2. The first kappa shape index (κ1) is 18.1. The zero-order valence-electron chi connectivity index (χ0n) is 15.9. The molecule has 0 radical (unpaired) electrons. The van der Waals surface area contributed by atoms with Gasteiger partial charge in [0.15, 0.2) is 0 Å². The number of hydrogen-bond donors (Lipinski definition) is 0. The van der Waals surface area contributed by atoms with Crippen LogP contribution >= 0.6 is 0 Å². The van der Waals surface area contributed by atoms with Crippen LogP contribution in [0, 0.1) is 11.8 Å². The van der Waals surface area contributed by atoms with Crippen LogP contribution in [0.4, 0.5) is 0 Å². The molecule has 0 unspecified atom stereocenters. The third kappa shape index (κ3) is 5.14. The monoisotopic (exact) mass is 336 g/mol. The van der Waals surface area contributed by atoms with E-state index >= 15 is 0 Å². The van der Waals surface area contributed by atoms with Crippen LogP contribution < -0.4 is 0 Å². The highest BCUT2D eigenvalue weighted by molar-refractivity contribution is 5.61. The lowest BCUT2D eigenvalue weighted by Gasteiger charge is -2.27. The number of aryl methyl sites for hydroxylation is 2. The number of hydrogen-bond acceptors (Lipinski definition) is 2. The molecule has 0 aliphatic heterocycles. The Morgan fingerprint density at radius 1 is 0.800 bits per heavy atom. The van der Waals surface area contributed by atoms with Crippen molar-refractivity contribution in [1.29, 1.82) is 0 Å². The predicted octanol–water partition coefficient (Wildman–Crippen LogP) is 6.25. The maximum atomic E-state index is 4.62. The van der Waals surface area contributed by atoms with E-state index in [1.807, 2.05) is 12.4 Å². The van der Waals surface area contributed by atoms with Crippen LogP contribution in [-0.4, -0.2) is 9.97 Å². The summed E-state index contributed by atoms with van der Waals surface area (Å²) < 4.78 is 0. The second-order valence-corrected chi connectivity index (χ2v) is 7.67. The molecule has 25 heavy (non-hydrogen) atoms. The van der Waals surface area contributed by atoms with E-state index in [0.29, 0.717) is 0 Å². The Kier molecular flexibility index (Phi) is 6.61. The van der Waals surface area contributed by atoms with Gasteiger partial charge < -0.3 is 0 Å². The molecule has 0 amide bonds. The summed E-state index contributed by atoms with van der Waals surface area (Å²) >= 11 is 0. The maximum absolute atomic E-state index is 4.62. The lowest BCUT2D eigenvalue weighted by atomic mass is 9.79. The van der Waals surface area contributed by atoms with Gasteiger partial charge >= 0.3 is 0 Å². The largest absolute Gasteiger partial charge is 0.241 e. The summed E-state index contributed by atoms with van der Waals surface area (Å²) in [7, 11) is 0. The lowest BCUT2D eigenvalue weighted by Crippen LogP contribution is -2.15. The van der Waals surface area contributed by atoms with Gasteiger partial charge in [0.2, 0.25) is 0 Å². The first-order valence-corrected chi connectivity index (χ1v) is 10.2. The Balaban J connectivity index is 1.52.